The molecule has 10 nitrogen and oxygen atoms in total. The minimum absolute atomic E-state index is 0.0771. The Labute approximate surface area is 207 Å². The molecule has 1 aromatic carbocycles. The van der Waals surface area contributed by atoms with E-state index < -0.39 is 17.6 Å². The summed E-state index contributed by atoms with van der Waals surface area (Å²) in [5.74, 6) is 5.41. The molecule has 0 unspecified atom stereocenters. The standard InChI is InChI=1S/C24H22F3N5O5/c1-3-10-31-21-19(22(33)32(11-4-2)23(31)34)28-20(29-21)17-14-18(30-37-17)35-12-6-8-15-7-5-9-16(13-15)36-24(25,26)27/h5,7,9,13-14H,3-4,10-12H2,1-2H3,(H,28,29). The Bertz CT molecular complexity index is 1590. The summed E-state index contributed by atoms with van der Waals surface area (Å²) in [6.07, 6.45) is -3.51. The third kappa shape index (κ3) is 5.85. The number of fused-ring (bicyclic) bond motifs is 1. The van der Waals surface area contributed by atoms with E-state index >= 15 is 0 Å². The van der Waals surface area contributed by atoms with E-state index in [0.717, 1.165) is 6.07 Å². The molecule has 1 N–H and O–H groups in total. The van der Waals surface area contributed by atoms with Crippen LogP contribution in [0.5, 0.6) is 11.6 Å². The zero-order chi connectivity index (χ0) is 26.6. The molecule has 194 valence electrons. The number of H-pyrrole nitrogens is 1. The maximum absolute atomic E-state index is 12.9. The molecule has 0 aliphatic rings. The molecule has 0 atom stereocenters. The smallest absolute Gasteiger partial charge is 0.462 e. The molecular formula is C24H22F3N5O5. The zero-order valence-corrected chi connectivity index (χ0v) is 19.9. The van der Waals surface area contributed by atoms with Gasteiger partial charge < -0.3 is 19.0 Å². The molecule has 0 saturated carbocycles. The van der Waals surface area contributed by atoms with E-state index in [1.165, 1.54) is 33.4 Å². The Morgan fingerprint density at radius 1 is 1.11 bits per heavy atom. The number of nitrogens with one attached hydrogen (secondary N) is 1. The van der Waals surface area contributed by atoms with Crippen molar-refractivity contribution >= 4 is 11.2 Å². The highest BCUT2D eigenvalue weighted by molar-refractivity contribution is 5.74. The van der Waals surface area contributed by atoms with Gasteiger partial charge in [-0.05, 0) is 36.2 Å². The predicted molar refractivity (Wildman–Crippen MR) is 126 cm³/mol. The summed E-state index contributed by atoms with van der Waals surface area (Å²) in [7, 11) is 0. The molecule has 37 heavy (non-hydrogen) atoms. The van der Waals surface area contributed by atoms with Crippen molar-refractivity contribution in [3.05, 3.63) is 56.7 Å². The minimum atomic E-state index is -4.79. The van der Waals surface area contributed by atoms with E-state index in [9.17, 15) is 22.8 Å². The summed E-state index contributed by atoms with van der Waals surface area (Å²) < 4.78 is 54.3. The molecule has 0 aliphatic carbocycles. The molecule has 13 heteroatoms. The molecule has 0 fully saturated rings. The zero-order valence-electron chi connectivity index (χ0n) is 19.9. The number of halogens is 3. The quantitative estimate of drug-likeness (QED) is 0.354. The highest BCUT2D eigenvalue weighted by Crippen LogP contribution is 2.24. The van der Waals surface area contributed by atoms with E-state index in [1.807, 2.05) is 13.8 Å². The van der Waals surface area contributed by atoms with Gasteiger partial charge in [-0.25, -0.2) is 9.78 Å². The number of ether oxygens (including phenoxy) is 2. The second-order valence-corrected chi connectivity index (χ2v) is 7.87. The van der Waals surface area contributed by atoms with Crippen molar-refractivity contribution in [2.45, 2.75) is 46.1 Å². The van der Waals surface area contributed by atoms with Gasteiger partial charge in [-0.15, -0.1) is 13.2 Å². The Kier molecular flexibility index (Phi) is 7.37. The summed E-state index contributed by atoms with van der Waals surface area (Å²) in [5, 5.41) is 3.79. The fourth-order valence-electron chi connectivity index (χ4n) is 3.59. The molecule has 4 aromatic rings. The van der Waals surface area contributed by atoms with E-state index in [-0.39, 0.29) is 47.5 Å². The van der Waals surface area contributed by atoms with Crippen LogP contribution in [-0.4, -0.2) is 37.2 Å². The van der Waals surface area contributed by atoms with E-state index in [4.69, 9.17) is 9.26 Å². The van der Waals surface area contributed by atoms with Crippen molar-refractivity contribution in [3.8, 4) is 35.1 Å². The second-order valence-electron chi connectivity index (χ2n) is 7.87. The highest BCUT2D eigenvalue weighted by Gasteiger charge is 2.31. The van der Waals surface area contributed by atoms with Gasteiger partial charge in [0.05, 0.1) is 6.07 Å². The fourth-order valence-corrected chi connectivity index (χ4v) is 3.59. The molecule has 3 heterocycles. The lowest BCUT2D eigenvalue weighted by Crippen LogP contribution is -2.40. The van der Waals surface area contributed by atoms with Gasteiger partial charge in [0.1, 0.15) is 5.75 Å². The monoisotopic (exact) mass is 517 g/mol. The van der Waals surface area contributed by atoms with Gasteiger partial charge in [0, 0.05) is 18.7 Å². The van der Waals surface area contributed by atoms with Crippen molar-refractivity contribution in [2.24, 2.45) is 0 Å². The third-order valence-corrected chi connectivity index (χ3v) is 5.07. The maximum Gasteiger partial charge on any atom is 0.573 e. The molecule has 0 aliphatic heterocycles. The average Bonchev–Trinajstić information content (AvgIpc) is 3.49. The first-order chi connectivity index (χ1) is 17.7. The van der Waals surface area contributed by atoms with Crippen LogP contribution in [0.2, 0.25) is 0 Å². The first-order valence-corrected chi connectivity index (χ1v) is 11.4. The molecular weight excluding hydrogens is 495 g/mol. The van der Waals surface area contributed by atoms with Crippen molar-refractivity contribution in [1.82, 2.24) is 24.3 Å². The number of aryl methyl sites for hydroxylation is 1. The Balaban J connectivity index is 1.51. The van der Waals surface area contributed by atoms with Crippen molar-refractivity contribution in [3.63, 3.8) is 0 Å². The summed E-state index contributed by atoms with van der Waals surface area (Å²) in [5.41, 5.74) is -0.183. The van der Waals surface area contributed by atoms with Gasteiger partial charge in [0.15, 0.2) is 23.6 Å². The normalized spacial score (nSPS) is 11.4. The molecule has 0 radical (unpaired) electrons. The number of hydrogen-bond acceptors (Lipinski definition) is 7. The summed E-state index contributed by atoms with van der Waals surface area (Å²) in [6.45, 7) is 4.33. The Morgan fingerprint density at radius 2 is 1.86 bits per heavy atom. The van der Waals surface area contributed by atoms with Gasteiger partial charge in [-0.3, -0.25) is 13.9 Å². The number of rotatable bonds is 8. The van der Waals surface area contributed by atoms with Crippen molar-refractivity contribution in [2.75, 3.05) is 6.61 Å². The molecule has 4 rings (SSSR count). The predicted octanol–water partition coefficient (Wildman–Crippen LogP) is 3.69. The molecule has 0 bridgehead atoms. The van der Waals surface area contributed by atoms with Crippen LogP contribution in [0.1, 0.15) is 32.3 Å². The molecule has 0 spiro atoms. The number of imidazole rings is 1. The Hall–Kier alpha value is -4.47. The van der Waals surface area contributed by atoms with Crippen LogP contribution in [0, 0.1) is 11.8 Å². The molecule has 0 amide bonds. The lowest BCUT2D eigenvalue weighted by atomic mass is 10.2. The second kappa shape index (κ2) is 10.7. The first-order valence-electron chi connectivity index (χ1n) is 11.4. The minimum Gasteiger partial charge on any atom is -0.462 e. The maximum atomic E-state index is 12.9. The van der Waals surface area contributed by atoms with Crippen molar-refractivity contribution < 1.29 is 27.2 Å². The average molecular weight is 517 g/mol. The van der Waals surface area contributed by atoms with E-state index in [2.05, 4.69) is 31.7 Å². The van der Waals surface area contributed by atoms with Gasteiger partial charge in [0.2, 0.25) is 5.76 Å². The lowest BCUT2D eigenvalue weighted by Gasteiger charge is -2.09. The summed E-state index contributed by atoms with van der Waals surface area (Å²) in [4.78, 5) is 33.0. The molecule has 3 aromatic heterocycles. The van der Waals surface area contributed by atoms with Crippen LogP contribution < -0.4 is 20.7 Å². The van der Waals surface area contributed by atoms with Crippen LogP contribution in [0.25, 0.3) is 22.7 Å². The van der Waals surface area contributed by atoms with Gasteiger partial charge in [-0.1, -0.05) is 31.8 Å². The number of benzene rings is 1. The number of nitrogens with zero attached hydrogens (tertiary/aromatic N) is 4. The SMILES string of the molecule is CCCn1c(=O)c2[nH]c(-c3cc(OCC#Cc4cccc(OC(F)(F)F)c4)no3)nc2n(CCC)c1=O. The van der Waals surface area contributed by atoms with Crippen LogP contribution in [0.4, 0.5) is 13.2 Å². The largest absolute Gasteiger partial charge is 0.573 e. The van der Waals surface area contributed by atoms with Crippen LogP contribution in [0.3, 0.4) is 0 Å². The lowest BCUT2D eigenvalue weighted by molar-refractivity contribution is -0.274. The van der Waals surface area contributed by atoms with Gasteiger partial charge in [0.25, 0.3) is 11.4 Å². The fraction of sp³-hybridized carbons (Fsp3) is 0.333. The van der Waals surface area contributed by atoms with Gasteiger partial charge in [-0.2, -0.15) is 0 Å². The van der Waals surface area contributed by atoms with Crippen molar-refractivity contribution in [1.29, 1.82) is 0 Å². The van der Waals surface area contributed by atoms with E-state index in [1.54, 1.807) is 0 Å². The highest BCUT2D eigenvalue weighted by atomic mass is 19.4. The topological polar surface area (TPSA) is 117 Å². The van der Waals surface area contributed by atoms with E-state index in [0.29, 0.717) is 24.9 Å². The number of aromatic nitrogens is 5. The van der Waals surface area contributed by atoms with Crippen LogP contribution >= 0.6 is 0 Å². The number of hydrogen-bond donors (Lipinski definition) is 1. The first kappa shape index (κ1) is 25.6. The van der Waals surface area contributed by atoms with Gasteiger partial charge >= 0.3 is 12.1 Å². The summed E-state index contributed by atoms with van der Waals surface area (Å²) >= 11 is 0. The third-order valence-electron chi connectivity index (χ3n) is 5.07. The summed E-state index contributed by atoms with van der Waals surface area (Å²) in [6, 6.07) is 6.68. The molecule has 0 saturated heterocycles. The number of alkyl halides is 3. The Morgan fingerprint density at radius 3 is 2.59 bits per heavy atom. The van der Waals surface area contributed by atoms with Crippen LogP contribution in [0.15, 0.2) is 44.4 Å². The number of aromatic amines is 1. The van der Waals surface area contributed by atoms with Crippen LogP contribution in [-0.2, 0) is 13.1 Å².